The third-order valence-corrected chi connectivity index (χ3v) is 4.81. The van der Waals surface area contributed by atoms with Crippen LogP contribution in [-0.4, -0.2) is 32.6 Å². The number of nitrogens with zero attached hydrogens (tertiary/aromatic N) is 3. The molecule has 1 atom stereocenters. The quantitative estimate of drug-likeness (QED) is 0.675. The lowest BCUT2D eigenvalue weighted by molar-refractivity contribution is 0.0954. The molecule has 3 aromatic rings. The number of carbonyl (C=O) groups excluding carboxylic acids is 1. The Morgan fingerprint density at radius 2 is 2.27 bits per heavy atom. The molecule has 4 rings (SSSR count). The maximum absolute atomic E-state index is 13.0. The highest BCUT2D eigenvalue weighted by molar-refractivity contribution is 5.95. The Morgan fingerprint density at radius 3 is 2.96 bits per heavy atom. The van der Waals surface area contributed by atoms with Gasteiger partial charge in [-0.15, -0.1) is 0 Å². The highest BCUT2D eigenvalue weighted by Gasteiger charge is 2.21. The number of carbonyl (C=O) groups is 1. The molecule has 0 bridgehead atoms. The SMILES string of the molecule is Cc1cccn2c(=O)c3cc(C(N)=O)c(=N)n(CC4CCCO4)c3nc12. The number of ether oxygens (including phenoxy) is 1. The van der Waals surface area contributed by atoms with Gasteiger partial charge in [-0.3, -0.25) is 19.4 Å². The van der Waals surface area contributed by atoms with Crippen LogP contribution in [-0.2, 0) is 11.3 Å². The summed E-state index contributed by atoms with van der Waals surface area (Å²) < 4.78 is 8.69. The Balaban J connectivity index is 2.11. The van der Waals surface area contributed by atoms with Crippen molar-refractivity contribution in [3.63, 3.8) is 0 Å². The smallest absolute Gasteiger partial charge is 0.267 e. The van der Waals surface area contributed by atoms with Crippen molar-refractivity contribution < 1.29 is 9.53 Å². The van der Waals surface area contributed by atoms with Gasteiger partial charge in [-0.2, -0.15) is 0 Å². The molecule has 8 heteroatoms. The standard InChI is InChI=1S/C18H19N5O3/c1-10-4-2-6-22-16(10)21-17-13(18(22)25)8-12(15(20)24)14(19)23(17)9-11-5-3-7-26-11/h2,4,6,8,11,19H,3,5,7,9H2,1H3,(H2,20,24). The van der Waals surface area contributed by atoms with Crippen LogP contribution in [0, 0.1) is 12.3 Å². The van der Waals surface area contributed by atoms with Crippen molar-refractivity contribution in [2.24, 2.45) is 5.73 Å². The third-order valence-electron chi connectivity index (χ3n) is 4.81. The van der Waals surface area contributed by atoms with Gasteiger partial charge in [0.1, 0.15) is 16.8 Å². The van der Waals surface area contributed by atoms with Crippen LogP contribution in [0.5, 0.6) is 0 Å². The largest absolute Gasteiger partial charge is 0.376 e. The van der Waals surface area contributed by atoms with E-state index >= 15 is 0 Å². The molecular formula is C18H19N5O3. The monoisotopic (exact) mass is 353 g/mol. The molecule has 1 fully saturated rings. The first-order valence-corrected chi connectivity index (χ1v) is 8.49. The van der Waals surface area contributed by atoms with E-state index in [4.69, 9.17) is 15.9 Å². The zero-order valence-electron chi connectivity index (χ0n) is 14.4. The predicted octanol–water partition coefficient (Wildman–Crippen LogP) is 0.715. The highest BCUT2D eigenvalue weighted by Crippen LogP contribution is 2.17. The maximum Gasteiger partial charge on any atom is 0.267 e. The number of hydrogen-bond donors (Lipinski definition) is 2. The molecule has 1 aliphatic heterocycles. The van der Waals surface area contributed by atoms with Gasteiger partial charge in [-0.1, -0.05) is 6.07 Å². The van der Waals surface area contributed by atoms with E-state index < -0.39 is 5.91 Å². The Labute approximate surface area is 148 Å². The van der Waals surface area contributed by atoms with Crippen molar-refractivity contribution in [2.75, 3.05) is 6.61 Å². The van der Waals surface area contributed by atoms with Crippen LogP contribution >= 0.6 is 0 Å². The highest BCUT2D eigenvalue weighted by atomic mass is 16.5. The molecule has 26 heavy (non-hydrogen) atoms. The zero-order valence-corrected chi connectivity index (χ0v) is 14.4. The van der Waals surface area contributed by atoms with E-state index in [1.54, 1.807) is 16.8 Å². The molecule has 1 aliphatic rings. The molecule has 0 radical (unpaired) electrons. The van der Waals surface area contributed by atoms with Gasteiger partial charge in [-0.05, 0) is 37.5 Å². The summed E-state index contributed by atoms with van der Waals surface area (Å²) in [6, 6.07) is 5.01. The number of pyridine rings is 2. The van der Waals surface area contributed by atoms with E-state index in [1.165, 1.54) is 10.5 Å². The number of nitrogens with one attached hydrogen (secondary N) is 1. The molecule has 1 amide bonds. The molecule has 0 spiro atoms. The van der Waals surface area contributed by atoms with Crippen LogP contribution < -0.4 is 16.8 Å². The van der Waals surface area contributed by atoms with Gasteiger partial charge in [0, 0.05) is 12.8 Å². The Morgan fingerprint density at radius 1 is 1.46 bits per heavy atom. The van der Waals surface area contributed by atoms with Crippen LogP contribution in [0.3, 0.4) is 0 Å². The van der Waals surface area contributed by atoms with Crippen molar-refractivity contribution in [1.82, 2.24) is 14.0 Å². The lowest BCUT2D eigenvalue weighted by Gasteiger charge is -2.17. The van der Waals surface area contributed by atoms with Crippen molar-refractivity contribution in [1.29, 1.82) is 5.41 Å². The average Bonchev–Trinajstić information content (AvgIpc) is 3.11. The van der Waals surface area contributed by atoms with Crippen molar-refractivity contribution in [2.45, 2.75) is 32.4 Å². The number of aryl methyl sites for hydroxylation is 1. The number of primary amides is 1. The van der Waals surface area contributed by atoms with E-state index in [1.807, 2.05) is 13.0 Å². The lowest BCUT2D eigenvalue weighted by Crippen LogP contribution is -2.35. The van der Waals surface area contributed by atoms with Gasteiger partial charge in [0.2, 0.25) is 0 Å². The Bertz CT molecular complexity index is 1160. The predicted molar refractivity (Wildman–Crippen MR) is 95.0 cm³/mol. The maximum atomic E-state index is 13.0. The molecular weight excluding hydrogens is 334 g/mol. The second-order valence-corrected chi connectivity index (χ2v) is 6.56. The first kappa shape index (κ1) is 16.5. The third kappa shape index (κ3) is 2.50. The first-order chi connectivity index (χ1) is 12.5. The number of fused-ring (bicyclic) bond motifs is 2. The fourth-order valence-electron chi connectivity index (χ4n) is 3.45. The number of rotatable bonds is 3. The van der Waals surface area contributed by atoms with E-state index in [-0.39, 0.29) is 28.1 Å². The molecule has 3 aromatic heterocycles. The molecule has 3 N–H and O–H groups in total. The van der Waals surface area contributed by atoms with E-state index in [2.05, 4.69) is 4.98 Å². The van der Waals surface area contributed by atoms with Gasteiger partial charge in [0.25, 0.3) is 11.5 Å². The second kappa shape index (κ2) is 6.06. The fourth-order valence-corrected chi connectivity index (χ4v) is 3.45. The summed E-state index contributed by atoms with van der Waals surface area (Å²) in [5.74, 6) is -0.744. The van der Waals surface area contributed by atoms with E-state index in [0.29, 0.717) is 24.4 Å². The minimum Gasteiger partial charge on any atom is -0.376 e. The molecule has 0 aliphatic carbocycles. The van der Waals surface area contributed by atoms with Gasteiger partial charge >= 0.3 is 0 Å². The second-order valence-electron chi connectivity index (χ2n) is 6.56. The molecule has 0 aromatic carbocycles. The summed E-state index contributed by atoms with van der Waals surface area (Å²) in [4.78, 5) is 29.4. The van der Waals surface area contributed by atoms with Crippen molar-refractivity contribution in [3.8, 4) is 0 Å². The van der Waals surface area contributed by atoms with Gasteiger partial charge < -0.3 is 15.0 Å². The van der Waals surface area contributed by atoms with Crippen LogP contribution in [0.4, 0.5) is 0 Å². The molecule has 8 nitrogen and oxygen atoms in total. The summed E-state index contributed by atoms with van der Waals surface area (Å²) >= 11 is 0. The minimum absolute atomic E-state index is 0.00185. The van der Waals surface area contributed by atoms with Gasteiger partial charge in [0.05, 0.1) is 23.6 Å². The summed E-state index contributed by atoms with van der Waals surface area (Å²) in [7, 11) is 0. The summed E-state index contributed by atoms with van der Waals surface area (Å²) in [5.41, 5.74) is 6.84. The lowest BCUT2D eigenvalue weighted by atomic mass is 10.1. The molecule has 4 heterocycles. The summed E-state index contributed by atoms with van der Waals surface area (Å²) in [6.45, 7) is 2.90. The summed E-state index contributed by atoms with van der Waals surface area (Å²) in [5, 5.41) is 8.67. The van der Waals surface area contributed by atoms with Crippen molar-refractivity contribution in [3.05, 3.63) is 51.4 Å². The molecule has 1 saturated heterocycles. The number of nitrogens with two attached hydrogens (primary N) is 1. The molecule has 1 unspecified atom stereocenters. The van der Waals surface area contributed by atoms with E-state index in [0.717, 1.165) is 18.4 Å². The normalized spacial score (nSPS) is 17.2. The Kier molecular flexibility index (Phi) is 3.84. The van der Waals surface area contributed by atoms with Crippen LogP contribution in [0.1, 0.15) is 28.8 Å². The average molecular weight is 353 g/mol. The Hall–Kier alpha value is -3.00. The minimum atomic E-state index is -0.744. The number of aromatic nitrogens is 3. The van der Waals surface area contributed by atoms with Gasteiger partial charge in [-0.25, -0.2) is 4.98 Å². The topological polar surface area (TPSA) is 115 Å². The summed E-state index contributed by atoms with van der Waals surface area (Å²) in [6.07, 6.45) is 3.37. The zero-order chi connectivity index (χ0) is 18.4. The van der Waals surface area contributed by atoms with Crippen molar-refractivity contribution >= 4 is 22.6 Å². The van der Waals surface area contributed by atoms with Crippen LogP contribution in [0.15, 0.2) is 29.2 Å². The fraction of sp³-hybridized carbons (Fsp3) is 0.333. The van der Waals surface area contributed by atoms with E-state index in [9.17, 15) is 9.59 Å². The number of hydrogen-bond acceptors (Lipinski definition) is 5. The van der Waals surface area contributed by atoms with Crippen LogP contribution in [0.25, 0.3) is 16.7 Å². The number of amides is 1. The molecule has 134 valence electrons. The first-order valence-electron chi connectivity index (χ1n) is 8.49. The molecule has 0 saturated carbocycles. The van der Waals surface area contributed by atoms with Gasteiger partial charge in [0.15, 0.2) is 0 Å². The van der Waals surface area contributed by atoms with Crippen LogP contribution in [0.2, 0.25) is 0 Å².